The van der Waals surface area contributed by atoms with Gasteiger partial charge in [0.1, 0.15) is 10.6 Å². The summed E-state index contributed by atoms with van der Waals surface area (Å²) >= 11 is 0. The number of ether oxygens (including phenoxy) is 1. The van der Waals surface area contributed by atoms with Crippen LogP contribution in [-0.4, -0.2) is 26.0 Å². The first kappa shape index (κ1) is 18.8. The number of hydrogen-bond donors (Lipinski definition) is 3. The fourth-order valence-corrected chi connectivity index (χ4v) is 2.93. The summed E-state index contributed by atoms with van der Waals surface area (Å²) in [6.45, 7) is 2.62. The Morgan fingerprint density at radius 1 is 1.24 bits per heavy atom. The highest BCUT2D eigenvalue weighted by atomic mass is 32.2. The Morgan fingerprint density at radius 3 is 2.48 bits per heavy atom. The van der Waals surface area contributed by atoms with Crippen LogP contribution in [0.5, 0.6) is 11.5 Å². The fourth-order valence-electron chi connectivity index (χ4n) is 2.20. The van der Waals surface area contributed by atoms with Crippen LogP contribution >= 0.6 is 0 Å². The summed E-state index contributed by atoms with van der Waals surface area (Å²) < 4.78 is 29.3. The molecule has 0 unspecified atom stereocenters. The van der Waals surface area contributed by atoms with Gasteiger partial charge in [0.05, 0.1) is 11.3 Å². The van der Waals surface area contributed by atoms with Crippen molar-refractivity contribution in [3.8, 4) is 11.5 Å². The van der Waals surface area contributed by atoms with Crippen molar-refractivity contribution in [1.29, 1.82) is 0 Å². The zero-order chi connectivity index (χ0) is 18.4. The third kappa shape index (κ3) is 4.94. The van der Waals surface area contributed by atoms with Crippen LogP contribution in [-0.2, 0) is 10.0 Å². The summed E-state index contributed by atoms with van der Waals surface area (Å²) in [5, 5.41) is 17.6. The number of carbonyl (C=O) groups is 1. The van der Waals surface area contributed by atoms with E-state index < -0.39 is 26.5 Å². The molecular formula is C17H20N2O5S. The zero-order valence-corrected chi connectivity index (χ0v) is 14.5. The molecule has 0 fully saturated rings. The Bertz CT molecular complexity index is 851. The van der Waals surface area contributed by atoms with Gasteiger partial charge in [-0.2, -0.15) is 0 Å². The molecule has 2 aromatic rings. The highest BCUT2D eigenvalue weighted by Gasteiger charge is 2.23. The molecule has 0 aliphatic rings. The van der Waals surface area contributed by atoms with Gasteiger partial charge in [-0.3, -0.25) is 0 Å². The minimum atomic E-state index is -4.22. The number of carboxylic acids is 1. The topological polar surface area (TPSA) is 119 Å². The summed E-state index contributed by atoms with van der Waals surface area (Å²) in [6.07, 6.45) is 1.81. The molecule has 0 amide bonds. The first-order valence-corrected chi connectivity index (χ1v) is 9.28. The molecule has 8 heteroatoms. The average molecular weight is 364 g/mol. The molecule has 0 heterocycles. The molecule has 134 valence electrons. The molecule has 0 saturated heterocycles. The van der Waals surface area contributed by atoms with Gasteiger partial charge in [-0.05, 0) is 24.6 Å². The van der Waals surface area contributed by atoms with Gasteiger partial charge in [-0.1, -0.05) is 31.5 Å². The summed E-state index contributed by atoms with van der Waals surface area (Å²) in [7, 11) is -4.22. The molecule has 0 aromatic heterocycles. The summed E-state index contributed by atoms with van der Waals surface area (Å²) in [5.74, 6) is -0.699. The second kappa shape index (κ2) is 8.00. The Morgan fingerprint density at radius 2 is 1.92 bits per heavy atom. The van der Waals surface area contributed by atoms with Crippen molar-refractivity contribution in [2.24, 2.45) is 5.14 Å². The van der Waals surface area contributed by atoms with Crippen LogP contribution in [0, 0.1) is 0 Å². The molecule has 2 aromatic carbocycles. The summed E-state index contributed by atoms with van der Waals surface area (Å²) in [4.78, 5) is 10.9. The molecule has 0 aliphatic carbocycles. The predicted octanol–water partition coefficient (Wildman–Crippen LogP) is 3.04. The molecular weight excluding hydrogens is 344 g/mol. The minimum Gasteiger partial charge on any atom is -0.478 e. The first-order chi connectivity index (χ1) is 11.8. The number of unbranched alkanes of at least 4 members (excludes halogenated alkanes) is 1. The van der Waals surface area contributed by atoms with E-state index in [1.807, 2.05) is 13.0 Å². The third-order valence-corrected chi connectivity index (χ3v) is 4.39. The van der Waals surface area contributed by atoms with Gasteiger partial charge in [-0.25, -0.2) is 18.4 Å². The van der Waals surface area contributed by atoms with E-state index in [9.17, 15) is 18.3 Å². The van der Waals surface area contributed by atoms with E-state index >= 15 is 0 Å². The van der Waals surface area contributed by atoms with Gasteiger partial charge < -0.3 is 15.2 Å². The molecule has 0 atom stereocenters. The molecule has 0 spiro atoms. The SMILES string of the molecule is CCCCNc1cc(C(=O)O)c(S(N)(=O)=O)cc1Oc1ccccc1. The number of primary sulfonamides is 1. The number of para-hydroxylation sites is 1. The van der Waals surface area contributed by atoms with E-state index in [0.717, 1.165) is 18.9 Å². The Balaban J connectivity index is 2.54. The third-order valence-electron chi connectivity index (χ3n) is 3.44. The molecule has 4 N–H and O–H groups in total. The predicted molar refractivity (Wildman–Crippen MR) is 94.7 cm³/mol. The van der Waals surface area contributed by atoms with E-state index in [1.54, 1.807) is 24.3 Å². The minimum absolute atomic E-state index is 0.191. The molecule has 0 saturated carbocycles. The molecule has 0 radical (unpaired) electrons. The molecule has 7 nitrogen and oxygen atoms in total. The van der Waals surface area contributed by atoms with Crippen molar-refractivity contribution in [3.05, 3.63) is 48.0 Å². The van der Waals surface area contributed by atoms with Crippen LogP contribution in [0.3, 0.4) is 0 Å². The van der Waals surface area contributed by atoms with Crippen molar-refractivity contribution in [3.63, 3.8) is 0 Å². The molecule has 2 rings (SSSR count). The van der Waals surface area contributed by atoms with Gasteiger partial charge in [0.25, 0.3) is 0 Å². The number of rotatable bonds is 8. The maximum atomic E-state index is 11.8. The number of carboxylic acid groups (broad SMARTS) is 1. The molecule has 0 aliphatic heterocycles. The maximum absolute atomic E-state index is 11.8. The second-order valence-corrected chi connectivity index (χ2v) is 6.92. The number of hydrogen-bond acceptors (Lipinski definition) is 5. The lowest BCUT2D eigenvalue weighted by Gasteiger charge is -2.16. The van der Waals surface area contributed by atoms with Crippen molar-refractivity contribution in [1.82, 2.24) is 0 Å². The van der Waals surface area contributed by atoms with Gasteiger partial charge >= 0.3 is 5.97 Å². The Labute approximate surface area is 146 Å². The van der Waals surface area contributed by atoms with Crippen molar-refractivity contribution in [2.75, 3.05) is 11.9 Å². The van der Waals surface area contributed by atoms with Crippen LogP contribution < -0.4 is 15.2 Å². The quantitative estimate of drug-likeness (QED) is 0.620. The summed E-state index contributed by atoms with van der Waals surface area (Å²) in [6, 6.07) is 11.1. The number of nitrogens with two attached hydrogens (primary N) is 1. The van der Waals surface area contributed by atoms with E-state index in [1.165, 1.54) is 6.07 Å². The van der Waals surface area contributed by atoms with Crippen LogP contribution in [0.15, 0.2) is 47.4 Å². The number of anilines is 1. The highest BCUT2D eigenvalue weighted by Crippen LogP contribution is 2.34. The number of aromatic carboxylic acids is 1. The van der Waals surface area contributed by atoms with Crippen molar-refractivity contribution in [2.45, 2.75) is 24.7 Å². The molecule has 25 heavy (non-hydrogen) atoms. The van der Waals surface area contributed by atoms with E-state index in [2.05, 4.69) is 5.32 Å². The smallest absolute Gasteiger partial charge is 0.337 e. The highest BCUT2D eigenvalue weighted by molar-refractivity contribution is 7.89. The number of sulfonamides is 1. The van der Waals surface area contributed by atoms with Crippen LogP contribution in [0.25, 0.3) is 0 Å². The van der Waals surface area contributed by atoms with E-state index in [4.69, 9.17) is 9.88 Å². The maximum Gasteiger partial charge on any atom is 0.337 e. The van der Waals surface area contributed by atoms with Gasteiger partial charge in [-0.15, -0.1) is 0 Å². The van der Waals surface area contributed by atoms with Crippen LogP contribution in [0.1, 0.15) is 30.1 Å². The zero-order valence-electron chi connectivity index (χ0n) is 13.7. The van der Waals surface area contributed by atoms with Gasteiger partial charge in [0.2, 0.25) is 10.0 Å². The lowest BCUT2D eigenvalue weighted by Crippen LogP contribution is -2.17. The number of nitrogens with one attached hydrogen (secondary N) is 1. The average Bonchev–Trinajstić information content (AvgIpc) is 2.55. The van der Waals surface area contributed by atoms with Gasteiger partial charge in [0, 0.05) is 12.6 Å². The lowest BCUT2D eigenvalue weighted by atomic mass is 10.1. The second-order valence-electron chi connectivity index (χ2n) is 5.39. The van der Waals surface area contributed by atoms with E-state index in [0.29, 0.717) is 18.0 Å². The standard InChI is InChI=1S/C17H20N2O5S/c1-2-3-9-19-14-10-13(17(20)21)16(25(18,22)23)11-15(14)24-12-7-5-4-6-8-12/h4-8,10-11,19H,2-3,9H2,1H3,(H,20,21)(H2,18,22,23). The summed E-state index contributed by atoms with van der Waals surface area (Å²) in [5.41, 5.74) is -0.0102. The van der Waals surface area contributed by atoms with Crippen molar-refractivity contribution < 1.29 is 23.1 Å². The first-order valence-electron chi connectivity index (χ1n) is 7.74. The van der Waals surface area contributed by atoms with Crippen molar-refractivity contribution >= 4 is 21.7 Å². The number of benzene rings is 2. The van der Waals surface area contributed by atoms with Crippen LogP contribution in [0.4, 0.5) is 5.69 Å². The Hall–Kier alpha value is -2.58. The monoisotopic (exact) mass is 364 g/mol. The fraction of sp³-hybridized carbons (Fsp3) is 0.235. The van der Waals surface area contributed by atoms with E-state index in [-0.39, 0.29) is 5.75 Å². The normalized spacial score (nSPS) is 11.1. The lowest BCUT2D eigenvalue weighted by molar-refractivity contribution is 0.0692. The largest absolute Gasteiger partial charge is 0.478 e. The Kier molecular flexibility index (Phi) is 6.00. The van der Waals surface area contributed by atoms with Crippen LogP contribution in [0.2, 0.25) is 0 Å². The van der Waals surface area contributed by atoms with Gasteiger partial charge in [0.15, 0.2) is 5.75 Å². The molecule has 0 bridgehead atoms.